The minimum atomic E-state index is 0.858. The molecule has 0 nitrogen and oxygen atoms in total. The van der Waals surface area contributed by atoms with E-state index in [1.54, 1.807) is 0 Å². The van der Waals surface area contributed by atoms with Crippen LogP contribution >= 0.6 is 0 Å². The Kier molecular flexibility index (Phi) is 9.59. The van der Waals surface area contributed by atoms with E-state index in [1.807, 2.05) is 6.08 Å². The van der Waals surface area contributed by atoms with E-state index in [0.29, 0.717) is 0 Å². The first kappa shape index (κ1) is 16.7. The average molecular weight is 238 g/mol. The molecule has 0 aliphatic rings. The first-order chi connectivity index (χ1) is 7.97. The minimum Gasteiger partial charge on any atom is -0.103 e. The molecule has 0 saturated heterocycles. The van der Waals surface area contributed by atoms with Crippen LogP contribution in [0.1, 0.15) is 73.1 Å². The molecule has 0 heterocycles. The van der Waals surface area contributed by atoms with Crippen LogP contribution in [0.5, 0.6) is 0 Å². The van der Waals surface area contributed by atoms with Crippen LogP contribution in [0.4, 0.5) is 0 Å². The van der Waals surface area contributed by atoms with Crippen molar-refractivity contribution in [3.05, 3.63) is 12.7 Å². The fourth-order valence-corrected chi connectivity index (χ4v) is 2.26. The molecular weight excluding hydrogens is 204 g/mol. The van der Waals surface area contributed by atoms with Gasteiger partial charge >= 0.3 is 0 Å². The highest BCUT2D eigenvalue weighted by atomic mass is 14.2. The summed E-state index contributed by atoms with van der Waals surface area (Å²) < 4.78 is 0. The third-order valence-corrected chi connectivity index (χ3v) is 4.15. The summed E-state index contributed by atoms with van der Waals surface area (Å²) in [6.45, 7) is 15.7. The molecule has 0 aliphatic carbocycles. The molecule has 0 fully saturated rings. The Hall–Kier alpha value is -0.260. The molecule has 0 aromatic rings. The van der Waals surface area contributed by atoms with Crippen LogP contribution in [-0.2, 0) is 0 Å². The van der Waals surface area contributed by atoms with Gasteiger partial charge in [-0.2, -0.15) is 0 Å². The Bertz CT molecular complexity index is 180. The van der Waals surface area contributed by atoms with Crippen LogP contribution < -0.4 is 0 Å². The number of hydrogen-bond acceptors (Lipinski definition) is 0. The van der Waals surface area contributed by atoms with Crippen molar-refractivity contribution in [2.45, 2.75) is 73.1 Å². The van der Waals surface area contributed by atoms with Gasteiger partial charge in [0.2, 0.25) is 0 Å². The molecular formula is C17H34. The third-order valence-electron chi connectivity index (χ3n) is 4.15. The van der Waals surface area contributed by atoms with Gasteiger partial charge in [-0.3, -0.25) is 0 Å². The van der Waals surface area contributed by atoms with Gasteiger partial charge < -0.3 is 0 Å². The van der Waals surface area contributed by atoms with Gasteiger partial charge in [0, 0.05) is 0 Å². The molecule has 0 amide bonds. The Morgan fingerprint density at radius 3 is 1.76 bits per heavy atom. The summed E-state index contributed by atoms with van der Waals surface area (Å²) in [6, 6.07) is 0. The monoisotopic (exact) mass is 238 g/mol. The van der Waals surface area contributed by atoms with E-state index in [4.69, 9.17) is 0 Å². The maximum absolute atomic E-state index is 3.80. The highest BCUT2D eigenvalue weighted by molar-refractivity contribution is 4.70. The van der Waals surface area contributed by atoms with Gasteiger partial charge in [-0.1, -0.05) is 66.4 Å². The zero-order chi connectivity index (χ0) is 13.3. The van der Waals surface area contributed by atoms with Gasteiger partial charge in [0.25, 0.3) is 0 Å². The molecule has 3 atom stereocenters. The Morgan fingerprint density at radius 1 is 0.765 bits per heavy atom. The lowest BCUT2D eigenvalue weighted by atomic mass is 9.84. The predicted octanol–water partition coefficient (Wildman–Crippen LogP) is 6.08. The molecule has 3 unspecified atom stereocenters. The summed E-state index contributed by atoms with van der Waals surface area (Å²) in [4.78, 5) is 0. The lowest BCUT2D eigenvalue weighted by molar-refractivity contribution is 0.297. The largest absolute Gasteiger partial charge is 0.103 e. The molecule has 0 spiro atoms. The van der Waals surface area contributed by atoms with E-state index in [-0.39, 0.29) is 0 Å². The Balaban J connectivity index is 3.68. The van der Waals surface area contributed by atoms with E-state index in [2.05, 4.69) is 41.2 Å². The van der Waals surface area contributed by atoms with Crippen molar-refractivity contribution in [3.8, 4) is 0 Å². The molecule has 0 rings (SSSR count). The minimum absolute atomic E-state index is 0.858. The maximum atomic E-state index is 3.80. The molecule has 0 aromatic heterocycles. The lowest BCUT2D eigenvalue weighted by Crippen LogP contribution is -2.10. The van der Waals surface area contributed by atoms with Crippen molar-refractivity contribution < 1.29 is 0 Å². The predicted molar refractivity (Wildman–Crippen MR) is 80.2 cm³/mol. The summed E-state index contributed by atoms with van der Waals surface area (Å²) >= 11 is 0. The zero-order valence-electron chi connectivity index (χ0n) is 12.8. The van der Waals surface area contributed by atoms with Crippen LogP contribution in [-0.4, -0.2) is 0 Å². The summed E-state index contributed by atoms with van der Waals surface area (Å²) in [6.07, 6.45) is 10.1. The van der Waals surface area contributed by atoms with E-state index in [0.717, 1.165) is 23.7 Å². The zero-order valence-corrected chi connectivity index (χ0v) is 12.8. The molecule has 17 heavy (non-hydrogen) atoms. The van der Waals surface area contributed by atoms with Crippen molar-refractivity contribution in [1.29, 1.82) is 0 Å². The van der Waals surface area contributed by atoms with Gasteiger partial charge in [-0.15, -0.1) is 6.58 Å². The van der Waals surface area contributed by atoms with Crippen molar-refractivity contribution in [3.63, 3.8) is 0 Å². The summed E-state index contributed by atoms with van der Waals surface area (Å²) in [5.41, 5.74) is 0. The first-order valence-corrected chi connectivity index (χ1v) is 7.58. The quantitative estimate of drug-likeness (QED) is 0.405. The third kappa shape index (κ3) is 9.44. The second-order valence-corrected chi connectivity index (χ2v) is 6.47. The fourth-order valence-electron chi connectivity index (χ4n) is 2.26. The van der Waals surface area contributed by atoms with Crippen LogP contribution in [0.2, 0.25) is 0 Å². The average Bonchev–Trinajstić information content (AvgIpc) is 2.29. The smallest absolute Gasteiger partial charge is 0.0351 e. The van der Waals surface area contributed by atoms with Crippen molar-refractivity contribution in [2.75, 3.05) is 0 Å². The molecule has 0 heteroatoms. The molecule has 0 bridgehead atoms. The number of allylic oxidation sites excluding steroid dienone is 1. The van der Waals surface area contributed by atoms with Gasteiger partial charge in [-0.25, -0.2) is 0 Å². The Labute approximate surface area is 110 Å². The second-order valence-electron chi connectivity index (χ2n) is 6.47. The number of rotatable bonds is 10. The van der Waals surface area contributed by atoms with Crippen molar-refractivity contribution in [1.82, 2.24) is 0 Å². The highest BCUT2D eigenvalue weighted by Crippen LogP contribution is 2.26. The van der Waals surface area contributed by atoms with E-state index < -0.39 is 0 Å². The summed E-state index contributed by atoms with van der Waals surface area (Å²) in [5.74, 6) is 3.51. The molecule has 0 aliphatic heterocycles. The van der Waals surface area contributed by atoms with Gasteiger partial charge in [-0.05, 0) is 36.5 Å². The van der Waals surface area contributed by atoms with Gasteiger partial charge in [0.15, 0.2) is 0 Å². The van der Waals surface area contributed by atoms with Crippen LogP contribution in [0.25, 0.3) is 0 Å². The van der Waals surface area contributed by atoms with E-state index in [1.165, 1.54) is 38.5 Å². The van der Waals surface area contributed by atoms with E-state index in [9.17, 15) is 0 Å². The van der Waals surface area contributed by atoms with Crippen molar-refractivity contribution in [2.24, 2.45) is 23.7 Å². The van der Waals surface area contributed by atoms with E-state index >= 15 is 0 Å². The van der Waals surface area contributed by atoms with Crippen LogP contribution in [0.15, 0.2) is 12.7 Å². The summed E-state index contributed by atoms with van der Waals surface area (Å²) in [7, 11) is 0. The van der Waals surface area contributed by atoms with Crippen molar-refractivity contribution >= 4 is 0 Å². The Morgan fingerprint density at radius 2 is 1.29 bits per heavy atom. The molecule has 102 valence electrons. The van der Waals surface area contributed by atoms with Crippen LogP contribution in [0, 0.1) is 23.7 Å². The SMILES string of the molecule is C=CCCC(C)CCC(C)C(C)CCC(C)C. The number of hydrogen-bond donors (Lipinski definition) is 0. The van der Waals surface area contributed by atoms with Crippen LogP contribution in [0.3, 0.4) is 0 Å². The summed E-state index contributed by atoms with van der Waals surface area (Å²) in [5, 5.41) is 0. The molecule has 0 saturated carbocycles. The molecule has 0 N–H and O–H groups in total. The molecule has 0 aromatic carbocycles. The lowest BCUT2D eigenvalue weighted by Gasteiger charge is -2.22. The standard InChI is InChI=1S/C17H34/c1-7-8-9-15(4)11-13-17(6)16(5)12-10-14(2)3/h7,14-17H,1,8-13H2,2-6H3. The maximum Gasteiger partial charge on any atom is -0.0351 e. The second kappa shape index (κ2) is 9.74. The topological polar surface area (TPSA) is 0 Å². The van der Waals surface area contributed by atoms with Gasteiger partial charge in [0.05, 0.1) is 0 Å². The first-order valence-electron chi connectivity index (χ1n) is 7.58. The molecule has 0 radical (unpaired) electrons. The van der Waals surface area contributed by atoms with Gasteiger partial charge in [0.1, 0.15) is 0 Å². The highest BCUT2D eigenvalue weighted by Gasteiger charge is 2.13. The fraction of sp³-hybridized carbons (Fsp3) is 0.882. The normalized spacial score (nSPS) is 16.8.